The molecule has 2 rings (SSSR count). The van der Waals surface area contributed by atoms with Gasteiger partial charge in [-0.2, -0.15) is 0 Å². The van der Waals surface area contributed by atoms with Gasteiger partial charge in [0.15, 0.2) is 0 Å². The van der Waals surface area contributed by atoms with E-state index >= 15 is 0 Å². The Morgan fingerprint density at radius 2 is 1.82 bits per heavy atom. The van der Waals surface area contributed by atoms with E-state index in [2.05, 4.69) is 26.0 Å². The van der Waals surface area contributed by atoms with Crippen LogP contribution in [0, 0.1) is 6.92 Å². The van der Waals surface area contributed by atoms with Gasteiger partial charge in [-0.3, -0.25) is 4.79 Å². The SMILES string of the molecule is Cc1cc(NC(=O)CNS(=O)(=O)c2ccccc2)ccc1Br. The fourth-order valence-corrected chi connectivity index (χ4v) is 3.02. The number of amides is 1. The summed E-state index contributed by atoms with van der Waals surface area (Å²) in [5.74, 6) is -0.429. The van der Waals surface area contributed by atoms with Crippen LogP contribution in [0.15, 0.2) is 57.9 Å². The maximum Gasteiger partial charge on any atom is 0.241 e. The smallest absolute Gasteiger partial charge is 0.241 e. The minimum absolute atomic E-state index is 0.127. The van der Waals surface area contributed by atoms with Crippen molar-refractivity contribution in [1.29, 1.82) is 0 Å². The summed E-state index contributed by atoms with van der Waals surface area (Å²) >= 11 is 3.37. The molecule has 1 amide bonds. The molecule has 0 fully saturated rings. The van der Waals surface area contributed by atoms with Crippen molar-refractivity contribution in [1.82, 2.24) is 4.72 Å². The lowest BCUT2D eigenvalue weighted by Crippen LogP contribution is -2.32. The molecule has 0 atom stereocenters. The van der Waals surface area contributed by atoms with Gasteiger partial charge >= 0.3 is 0 Å². The van der Waals surface area contributed by atoms with Gasteiger partial charge in [-0.15, -0.1) is 0 Å². The van der Waals surface area contributed by atoms with Gasteiger partial charge < -0.3 is 5.32 Å². The van der Waals surface area contributed by atoms with Gasteiger partial charge in [-0.25, -0.2) is 13.1 Å². The third-order valence-electron chi connectivity index (χ3n) is 2.92. The first-order chi connectivity index (χ1) is 10.4. The number of nitrogens with one attached hydrogen (secondary N) is 2. The van der Waals surface area contributed by atoms with Crippen LogP contribution in [0.1, 0.15) is 5.56 Å². The van der Waals surface area contributed by atoms with Gasteiger partial charge in [-0.05, 0) is 42.8 Å². The lowest BCUT2D eigenvalue weighted by atomic mass is 10.2. The van der Waals surface area contributed by atoms with Crippen LogP contribution in [0.25, 0.3) is 0 Å². The van der Waals surface area contributed by atoms with Crippen LogP contribution in [0.2, 0.25) is 0 Å². The van der Waals surface area contributed by atoms with Crippen LogP contribution < -0.4 is 10.0 Å². The van der Waals surface area contributed by atoms with E-state index in [1.165, 1.54) is 12.1 Å². The fourth-order valence-electron chi connectivity index (χ4n) is 1.77. The number of hydrogen-bond donors (Lipinski definition) is 2. The molecule has 0 aromatic heterocycles. The first-order valence-corrected chi connectivity index (χ1v) is 8.77. The van der Waals surface area contributed by atoms with Gasteiger partial charge in [-0.1, -0.05) is 34.1 Å². The van der Waals surface area contributed by atoms with Crippen molar-refractivity contribution in [2.24, 2.45) is 0 Å². The summed E-state index contributed by atoms with van der Waals surface area (Å²) in [6.07, 6.45) is 0. The van der Waals surface area contributed by atoms with Crippen molar-refractivity contribution in [2.75, 3.05) is 11.9 Å². The Morgan fingerprint density at radius 1 is 1.14 bits per heavy atom. The zero-order chi connectivity index (χ0) is 16.2. The van der Waals surface area contributed by atoms with E-state index in [1.807, 2.05) is 13.0 Å². The highest BCUT2D eigenvalue weighted by Gasteiger charge is 2.14. The van der Waals surface area contributed by atoms with E-state index in [4.69, 9.17) is 0 Å². The summed E-state index contributed by atoms with van der Waals surface area (Å²) in [7, 11) is -3.68. The van der Waals surface area contributed by atoms with Crippen molar-refractivity contribution >= 4 is 37.5 Å². The number of carbonyl (C=O) groups excluding carboxylic acids is 1. The van der Waals surface area contributed by atoms with E-state index in [9.17, 15) is 13.2 Å². The monoisotopic (exact) mass is 382 g/mol. The molecule has 0 heterocycles. The Bertz CT molecular complexity index is 777. The van der Waals surface area contributed by atoms with E-state index in [-0.39, 0.29) is 11.4 Å². The average molecular weight is 383 g/mol. The number of aryl methyl sites for hydroxylation is 1. The normalized spacial score (nSPS) is 11.2. The zero-order valence-corrected chi connectivity index (χ0v) is 14.2. The highest BCUT2D eigenvalue weighted by Crippen LogP contribution is 2.19. The number of rotatable bonds is 5. The molecule has 5 nitrogen and oxygen atoms in total. The molecule has 0 aliphatic heterocycles. The molecule has 2 aromatic rings. The van der Waals surface area contributed by atoms with Gasteiger partial charge in [0.05, 0.1) is 11.4 Å². The average Bonchev–Trinajstić information content (AvgIpc) is 2.50. The summed E-state index contributed by atoms with van der Waals surface area (Å²) in [5, 5.41) is 2.65. The molecule has 22 heavy (non-hydrogen) atoms. The predicted octanol–water partition coefficient (Wildman–Crippen LogP) is 2.67. The predicted molar refractivity (Wildman–Crippen MR) is 89.1 cm³/mol. The molecule has 0 bridgehead atoms. The van der Waals surface area contributed by atoms with E-state index < -0.39 is 15.9 Å². The lowest BCUT2D eigenvalue weighted by molar-refractivity contribution is -0.115. The second-order valence-electron chi connectivity index (χ2n) is 4.65. The summed E-state index contributed by atoms with van der Waals surface area (Å²) in [6, 6.07) is 13.3. The summed E-state index contributed by atoms with van der Waals surface area (Å²) in [6.45, 7) is 1.57. The molecule has 0 saturated heterocycles. The standard InChI is InChI=1S/C15H15BrN2O3S/c1-11-9-12(7-8-14(11)16)18-15(19)10-17-22(20,21)13-5-3-2-4-6-13/h2-9,17H,10H2,1H3,(H,18,19). The quantitative estimate of drug-likeness (QED) is 0.834. The van der Waals surface area contributed by atoms with Crippen molar-refractivity contribution in [3.05, 3.63) is 58.6 Å². The fraction of sp³-hybridized carbons (Fsp3) is 0.133. The number of halogens is 1. The molecule has 116 valence electrons. The van der Waals surface area contributed by atoms with E-state index in [1.54, 1.807) is 30.3 Å². The summed E-state index contributed by atoms with van der Waals surface area (Å²) in [4.78, 5) is 12.0. The van der Waals surface area contributed by atoms with Crippen molar-refractivity contribution in [2.45, 2.75) is 11.8 Å². The lowest BCUT2D eigenvalue weighted by Gasteiger charge is -2.09. The number of sulfonamides is 1. The van der Waals surface area contributed by atoms with Crippen molar-refractivity contribution in [3.8, 4) is 0 Å². The van der Waals surface area contributed by atoms with Crippen LogP contribution in [0.3, 0.4) is 0 Å². The van der Waals surface area contributed by atoms with Gasteiger partial charge in [0.2, 0.25) is 15.9 Å². The second-order valence-corrected chi connectivity index (χ2v) is 7.27. The van der Waals surface area contributed by atoms with Crippen LogP contribution >= 0.6 is 15.9 Å². The molecule has 0 spiro atoms. The molecular weight excluding hydrogens is 368 g/mol. The number of benzene rings is 2. The molecule has 0 saturated carbocycles. The highest BCUT2D eigenvalue weighted by atomic mass is 79.9. The molecule has 0 radical (unpaired) electrons. The first-order valence-electron chi connectivity index (χ1n) is 6.49. The Kier molecular flexibility index (Phi) is 5.33. The Balaban J connectivity index is 1.97. The topological polar surface area (TPSA) is 75.3 Å². The molecule has 7 heteroatoms. The van der Waals surface area contributed by atoms with Crippen molar-refractivity contribution in [3.63, 3.8) is 0 Å². The molecule has 0 unspecified atom stereocenters. The van der Waals surface area contributed by atoms with Crippen LogP contribution in [-0.2, 0) is 14.8 Å². The summed E-state index contributed by atoms with van der Waals surface area (Å²) < 4.78 is 27.2. The van der Waals surface area contributed by atoms with Crippen molar-refractivity contribution < 1.29 is 13.2 Å². The molecule has 0 aliphatic carbocycles. The maximum atomic E-state index is 12.0. The Hall–Kier alpha value is -1.70. The molecular formula is C15H15BrN2O3S. The Labute approximate surface area is 137 Å². The zero-order valence-electron chi connectivity index (χ0n) is 11.8. The van der Waals surface area contributed by atoms with Crippen LogP contribution in [0.4, 0.5) is 5.69 Å². The maximum absolute atomic E-state index is 12.0. The highest BCUT2D eigenvalue weighted by molar-refractivity contribution is 9.10. The van der Waals surface area contributed by atoms with Gasteiger partial charge in [0, 0.05) is 10.2 Å². The van der Waals surface area contributed by atoms with Crippen LogP contribution in [-0.4, -0.2) is 20.9 Å². The van der Waals surface area contributed by atoms with E-state index in [0.29, 0.717) is 5.69 Å². The molecule has 0 aliphatic rings. The van der Waals surface area contributed by atoms with Gasteiger partial charge in [0.1, 0.15) is 0 Å². The third kappa shape index (κ3) is 4.40. The van der Waals surface area contributed by atoms with Crippen LogP contribution in [0.5, 0.6) is 0 Å². The number of anilines is 1. The minimum Gasteiger partial charge on any atom is -0.325 e. The Morgan fingerprint density at radius 3 is 2.45 bits per heavy atom. The second kappa shape index (κ2) is 7.04. The number of hydrogen-bond acceptors (Lipinski definition) is 3. The molecule has 2 N–H and O–H groups in total. The minimum atomic E-state index is -3.68. The first kappa shape index (κ1) is 16.7. The third-order valence-corrected chi connectivity index (χ3v) is 5.22. The number of carbonyl (C=O) groups is 1. The summed E-state index contributed by atoms with van der Waals surface area (Å²) in [5.41, 5.74) is 1.59. The largest absolute Gasteiger partial charge is 0.325 e. The van der Waals surface area contributed by atoms with E-state index in [0.717, 1.165) is 10.0 Å². The molecule has 2 aromatic carbocycles. The van der Waals surface area contributed by atoms with Gasteiger partial charge in [0.25, 0.3) is 0 Å².